The number of aryl methyl sites for hydroxylation is 1. The Hall–Kier alpha value is -2.40. The van der Waals surface area contributed by atoms with Crippen molar-refractivity contribution < 1.29 is 18.3 Å². The number of carboxylic acids is 1. The molecule has 0 saturated carbocycles. The van der Waals surface area contributed by atoms with Crippen molar-refractivity contribution in [2.45, 2.75) is 11.8 Å². The van der Waals surface area contributed by atoms with Crippen LogP contribution in [0, 0.1) is 6.92 Å². The van der Waals surface area contributed by atoms with Crippen molar-refractivity contribution in [3.63, 3.8) is 0 Å². The van der Waals surface area contributed by atoms with E-state index in [1.807, 2.05) is 31.2 Å². The molecule has 1 heterocycles. The van der Waals surface area contributed by atoms with Gasteiger partial charge >= 0.3 is 5.97 Å². The smallest absolute Gasteiger partial charge is 0.332 e. The van der Waals surface area contributed by atoms with Crippen LogP contribution in [-0.2, 0) is 14.6 Å². The summed E-state index contributed by atoms with van der Waals surface area (Å²) in [7, 11) is -3.59. The van der Waals surface area contributed by atoms with E-state index in [4.69, 9.17) is 5.11 Å². The van der Waals surface area contributed by atoms with Crippen molar-refractivity contribution in [3.8, 4) is 11.1 Å². The maximum atomic E-state index is 12.2. The minimum atomic E-state index is -3.59. The van der Waals surface area contributed by atoms with E-state index >= 15 is 0 Å². The Morgan fingerprint density at radius 1 is 1.05 bits per heavy atom. The van der Waals surface area contributed by atoms with Crippen molar-refractivity contribution in [1.29, 1.82) is 0 Å². The predicted molar refractivity (Wildman–Crippen MR) is 84.3 cm³/mol. The summed E-state index contributed by atoms with van der Waals surface area (Å²) in [5, 5.41) is 9.08. The average molecular weight is 314 g/mol. The third kappa shape index (κ3) is 2.55. The molecule has 0 bridgehead atoms. The normalized spacial score (nSPS) is 15.8. The molecule has 1 aliphatic heterocycles. The number of hydrogen-bond acceptors (Lipinski definition) is 3. The molecule has 2 aromatic rings. The topological polar surface area (TPSA) is 71.4 Å². The third-order valence-corrected chi connectivity index (χ3v) is 5.41. The number of aliphatic carboxylic acids is 1. The largest absolute Gasteiger partial charge is 0.478 e. The summed E-state index contributed by atoms with van der Waals surface area (Å²) in [5.74, 6) is -1.66. The molecule has 112 valence electrons. The van der Waals surface area contributed by atoms with E-state index in [0.717, 1.165) is 16.7 Å². The minimum absolute atomic E-state index is 0.103. The second kappa shape index (κ2) is 5.10. The Labute approximate surface area is 128 Å². The van der Waals surface area contributed by atoms with Crippen molar-refractivity contribution in [3.05, 3.63) is 59.2 Å². The zero-order valence-electron chi connectivity index (χ0n) is 11.9. The molecule has 2 aromatic carbocycles. The van der Waals surface area contributed by atoms with Crippen LogP contribution in [0.1, 0.15) is 11.1 Å². The Morgan fingerprint density at radius 3 is 2.32 bits per heavy atom. The summed E-state index contributed by atoms with van der Waals surface area (Å²) in [6.45, 7) is 1.99. The van der Waals surface area contributed by atoms with Crippen molar-refractivity contribution in [2.75, 3.05) is 5.75 Å². The summed E-state index contributed by atoms with van der Waals surface area (Å²) < 4.78 is 24.4. The quantitative estimate of drug-likeness (QED) is 0.925. The van der Waals surface area contributed by atoms with Crippen molar-refractivity contribution in [2.24, 2.45) is 0 Å². The lowest BCUT2D eigenvalue weighted by molar-refractivity contribution is -0.132. The fourth-order valence-corrected chi connectivity index (χ4v) is 4.03. The van der Waals surface area contributed by atoms with Crippen LogP contribution < -0.4 is 0 Å². The van der Waals surface area contributed by atoms with Gasteiger partial charge in [0.15, 0.2) is 9.84 Å². The van der Waals surface area contributed by atoms with Gasteiger partial charge in [0.25, 0.3) is 0 Å². The first-order chi connectivity index (χ1) is 10.4. The van der Waals surface area contributed by atoms with Gasteiger partial charge in [0.1, 0.15) is 0 Å². The fraction of sp³-hybridized carbons (Fsp3) is 0.118. The zero-order valence-corrected chi connectivity index (χ0v) is 12.7. The molecular formula is C17H14O4S. The number of fused-ring (bicyclic) bond motifs is 1. The summed E-state index contributed by atoms with van der Waals surface area (Å²) in [6.07, 6.45) is 1.44. The van der Waals surface area contributed by atoms with Crippen LogP contribution >= 0.6 is 0 Å². The van der Waals surface area contributed by atoms with E-state index in [1.54, 1.807) is 18.2 Å². The predicted octanol–water partition coefficient (Wildman–Crippen LogP) is 2.92. The molecule has 22 heavy (non-hydrogen) atoms. The van der Waals surface area contributed by atoms with Gasteiger partial charge in [0, 0.05) is 0 Å². The Balaban J connectivity index is 2.16. The SMILES string of the molecule is Cc1ccc(-c2ccc3c(c2)C=C(C(=O)O)CS3(=O)=O)cc1. The molecule has 0 amide bonds. The summed E-state index contributed by atoms with van der Waals surface area (Å²) in [6, 6.07) is 12.9. The van der Waals surface area contributed by atoms with Crippen LogP contribution in [0.5, 0.6) is 0 Å². The number of hydrogen-bond donors (Lipinski definition) is 1. The molecule has 0 unspecified atom stereocenters. The number of rotatable bonds is 2. The van der Waals surface area contributed by atoms with Crippen LogP contribution in [0.15, 0.2) is 52.9 Å². The van der Waals surface area contributed by atoms with Gasteiger partial charge in [0.2, 0.25) is 0 Å². The highest BCUT2D eigenvalue weighted by molar-refractivity contribution is 7.91. The van der Waals surface area contributed by atoms with Crippen LogP contribution in [0.3, 0.4) is 0 Å². The highest BCUT2D eigenvalue weighted by Gasteiger charge is 2.27. The number of benzene rings is 2. The second-order valence-electron chi connectivity index (χ2n) is 5.35. The standard InChI is InChI=1S/C17H14O4S/c1-11-2-4-12(5-3-11)13-6-7-16-14(8-13)9-15(17(18)19)10-22(16,20)21/h2-9H,10H2,1H3,(H,18,19). The van der Waals surface area contributed by atoms with Crippen LogP contribution in [0.25, 0.3) is 17.2 Å². The third-order valence-electron chi connectivity index (χ3n) is 3.68. The highest BCUT2D eigenvalue weighted by atomic mass is 32.2. The Morgan fingerprint density at radius 2 is 1.68 bits per heavy atom. The molecule has 0 aliphatic carbocycles. The molecule has 0 aromatic heterocycles. The second-order valence-corrected chi connectivity index (χ2v) is 7.31. The molecule has 0 atom stereocenters. The van der Waals surface area contributed by atoms with E-state index in [0.29, 0.717) is 5.56 Å². The van der Waals surface area contributed by atoms with Gasteiger partial charge < -0.3 is 5.11 Å². The molecule has 1 N–H and O–H groups in total. The van der Waals surface area contributed by atoms with Crippen molar-refractivity contribution >= 4 is 21.9 Å². The summed E-state index contributed by atoms with van der Waals surface area (Å²) in [4.78, 5) is 11.3. The van der Waals surface area contributed by atoms with Gasteiger partial charge in [-0.2, -0.15) is 0 Å². The van der Waals surface area contributed by atoms with Crippen molar-refractivity contribution in [1.82, 2.24) is 0 Å². The van der Waals surface area contributed by atoms with Gasteiger partial charge in [-0.05, 0) is 41.8 Å². The van der Waals surface area contributed by atoms with E-state index < -0.39 is 21.6 Å². The summed E-state index contributed by atoms with van der Waals surface area (Å²) >= 11 is 0. The van der Waals surface area contributed by atoms with Gasteiger partial charge in [-0.25, -0.2) is 13.2 Å². The number of carboxylic acid groups (broad SMARTS) is 1. The minimum Gasteiger partial charge on any atom is -0.478 e. The Bertz CT molecular complexity index is 891. The molecule has 4 nitrogen and oxygen atoms in total. The van der Waals surface area contributed by atoms with Gasteiger partial charge in [-0.1, -0.05) is 35.9 Å². The first kappa shape index (κ1) is 14.5. The molecule has 3 rings (SSSR count). The van der Waals surface area contributed by atoms with Crippen LogP contribution in [0.4, 0.5) is 0 Å². The number of carbonyl (C=O) groups is 1. The highest BCUT2D eigenvalue weighted by Crippen LogP contribution is 2.31. The maximum absolute atomic E-state index is 12.2. The average Bonchev–Trinajstić information content (AvgIpc) is 2.46. The summed E-state index contributed by atoms with van der Waals surface area (Å²) in [5.41, 5.74) is 3.28. The zero-order chi connectivity index (χ0) is 15.9. The van der Waals surface area contributed by atoms with E-state index in [2.05, 4.69) is 0 Å². The monoisotopic (exact) mass is 314 g/mol. The van der Waals surface area contributed by atoms with Gasteiger partial charge in [0.05, 0.1) is 16.2 Å². The van der Waals surface area contributed by atoms with E-state index in [1.165, 1.54) is 6.08 Å². The van der Waals surface area contributed by atoms with Crippen LogP contribution in [-0.4, -0.2) is 25.2 Å². The maximum Gasteiger partial charge on any atom is 0.332 e. The lowest BCUT2D eigenvalue weighted by Gasteiger charge is -2.16. The molecule has 0 radical (unpaired) electrons. The molecular weight excluding hydrogens is 300 g/mol. The van der Waals surface area contributed by atoms with Crippen LogP contribution in [0.2, 0.25) is 0 Å². The van der Waals surface area contributed by atoms with E-state index in [9.17, 15) is 13.2 Å². The molecule has 1 aliphatic rings. The molecule has 0 saturated heterocycles. The van der Waals surface area contributed by atoms with Gasteiger partial charge in [-0.15, -0.1) is 0 Å². The fourth-order valence-electron chi connectivity index (χ4n) is 2.51. The Kier molecular flexibility index (Phi) is 3.37. The molecule has 5 heteroatoms. The first-order valence-corrected chi connectivity index (χ1v) is 8.40. The molecule has 0 spiro atoms. The lowest BCUT2D eigenvalue weighted by atomic mass is 10.0. The number of sulfone groups is 1. The first-order valence-electron chi connectivity index (χ1n) is 6.74. The molecule has 0 fully saturated rings. The lowest BCUT2D eigenvalue weighted by Crippen LogP contribution is -2.19. The van der Waals surface area contributed by atoms with Gasteiger partial charge in [-0.3, -0.25) is 0 Å². The van der Waals surface area contributed by atoms with E-state index in [-0.39, 0.29) is 10.5 Å².